The lowest BCUT2D eigenvalue weighted by molar-refractivity contribution is 0.851. The van der Waals surface area contributed by atoms with E-state index in [0.717, 1.165) is 33.2 Å². The molecule has 0 amide bonds. The first kappa shape index (κ1) is 29.1. The van der Waals surface area contributed by atoms with Crippen LogP contribution in [0, 0.1) is 6.92 Å². The van der Waals surface area contributed by atoms with Crippen molar-refractivity contribution in [3.63, 3.8) is 0 Å². The maximum Gasteiger partial charge on any atom is 0.131 e. The van der Waals surface area contributed by atoms with Gasteiger partial charge in [0.2, 0.25) is 0 Å². The van der Waals surface area contributed by atoms with E-state index in [1.165, 1.54) is 16.0 Å². The van der Waals surface area contributed by atoms with Gasteiger partial charge in [-0.1, -0.05) is 113 Å². The molecule has 0 saturated heterocycles. The average Bonchev–Trinajstić information content (AvgIpc) is 2.63. The molecule has 0 heterocycles. The van der Waals surface area contributed by atoms with E-state index < -0.39 is 14.4 Å². The van der Waals surface area contributed by atoms with Crippen molar-refractivity contribution in [1.82, 2.24) is 0 Å². The van der Waals surface area contributed by atoms with E-state index in [9.17, 15) is 0 Å². The van der Waals surface area contributed by atoms with Crippen molar-refractivity contribution in [3.8, 4) is 0 Å². The van der Waals surface area contributed by atoms with E-state index in [4.69, 9.17) is 0 Å². The van der Waals surface area contributed by atoms with Crippen LogP contribution in [0.2, 0.25) is 33.2 Å². The molecule has 0 aromatic heterocycles. The first-order valence-corrected chi connectivity index (χ1v) is 20.0. The lowest BCUT2D eigenvalue weighted by Crippen LogP contribution is -2.41. The molecular weight excluding hydrogens is 445 g/mol. The Bertz CT molecular complexity index is 657. The molecule has 178 valence electrons. The minimum atomic E-state index is -1.61. The van der Waals surface area contributed by atoms with Gasteiger partial charge in [0.25, 0.3) is 0 Å². The predicted molar refractivity (Wildman–Crippen MR) is 156 cm³/mol. The zero-order valence-corrected chi connectivity index (χ0v) is 26.3. The normalized spacial score (nSPS) is 14.2. The Morgan fingerprint density at radius 2 is 0.968 bits per heavy atom. The largest absolute Gasteiger partial charge is 0.157 e. The van der Waals surface area contributed by atoms with Crippen molar-refractivity contribution in [3.05, 3.63) is 40.8 Å². The lowest BCUT2D eigenvalue weighted by atomic mass is 10.1. The van der Waals surface area contributed by atoms with E-state index in [1.807, 2.05) is 0 Å². The van der Waals surface area contributed by atoms with E-state index in [1.54, 1.807) is 0 Å². The molecule has 0 fully saturated rings. The lowest BCUT2D eigenvalue weighted by Gasteiger charge is -2.44. The molecule has 0 N–H and O–H groups in total. The summed E-state index contributed by atoms with van der Waals surface area (Å²) in [5.41, 5.74) is 7.30. The highest BCUT2D eigenvalue weighted by Gasteiger charge is 2.46. The highest BCUT2D eigenvalue weighted by atomic mass is 32.4. The number of hydrogen-bond acceptors (Lipinski definition) is 2. The van der Waals surface area contributed by atoms with Gasteiger partial charge < -0.3 is 0 Å². The van der Waals surface area contributed by atoms with Crippen LogP contribution in [0.1, 0.15) is 94.2 Å². The van der Waals surface area contributed by atoms with Gasteiger partial charge in [-0.2, -0.15) is 11.2 Å². The smallest absolute Gasteiger partial charge is 0.131 e. The molecule has 0 radical (unpaired) electrons. The molecule has 4 heteroatoms. The Labute approximate surface area is 205 Å². The third-order valence-electron chi connectivity index (χ3n) is 7.41. The zero-order chi connectivity index (χ0) is 24.1. The summed E-state index contributed by atoms with van der Waals surface area (Å²) in [7, 11) is -3.16. The average molecular weight is 495 g/mol. The molecule has 0 aliphatic heterocycles. The van der Waals surface area contributed by atoms with Gasteiger partial charge in [0.15, 0.2) is 0 Å². The molecule has 0 bridgehead atoms. The molecule has 0 unspecified atom stereocenters. The number of aryl methyl sites for hydroxylation is 1. The summed E-state index contributed by atoms with van der Waals surface area (Å²) < 4.78 is 0. The molecule has 1 rings (SSSR count). The van der Waals surface area contributed by atoms with Gasteiger partial charge in [0.1, 0.15) is 14.4 Å². The third kappa shape index (κ3) is 6.36. The van der Waals surface area contributed by atoms with Crippen molar-refractivity contribution >= 4 is 41.8 Å². The minimum Gasteiger partial charge on any atom is -0.157 e. The van der Waals surface area contributed by atoms with Crippen LogP contribution in [0.4, 0.5) is 0 Å². The van der Waals surface area contributed by atoms with Crippen molar-refractivity contribution < 1.29 is 0 Å². The van der Waals surface area contributed by atoms with Crippen LogP contribution in [0.5, 0.6) is 0 Å². The fraction of sp³-hybridized carbons (Fsp3) is 0.704. The summed E-state index contributed by atoms with van der Waals surface area (Å²) in [5.74, 6) is 0. The second kappa shape index (κ2) is 12.0. The van der Waals surface area contributed by atoms with Gasteiger partial charge in [-0.15, -0.1) is 11.2 Å². The monoisotopic (exact) mass is 494 g/mol. The third-order valence-corrected chi connectivity index (χ3v) is 31.9. The molecule has 1 aromatic rings. The second-order valence-electron chi connectivity index (χ2n) is 11.2. The molecule has 0 spiro atoms. The fourth-order valence-electron chi connectivity index (χ4n) is 5.98. The molecule has 0 saturated carbocycles. The summed E-state index contributed by atoms with van der Waals surface area (Å²) >= 11 is 4.55. The van der Waals surface area contributed by atoms with Crippen LogP contribution in [0.15, 0.2) is 29.7 Å². The van der Waals surface area contributed by atoms with Crippen molar-refractivity contribution in [2.75, 3.05) is 0 Å². The maximum absolute atomic E-state index is 2.62. The van der Waals surface area contributed by atoms with Crippen molar-refractivity contribution in [2.45, 2.75) is 123 Å². The highest BCUT2D eigenvalue weighted by Crippen LogP contribution is 2.56. The zero-order valence-electron chi connectivity index (χ0n) is 22.7. The highest BCUT2D eigenvalue weighted by molar-refractivity contribution is 8.37. The molecule has 0 nitrogen and oxygen atoms in total. The Balaban J connectivity index is 3.63. The van der Waals surface area contributed by atoms with Gasteiger partial charge in [-0.05, 0) is 51.1 Å². The standard InChI is InChI=1S/C27H50S2Si2/c1-19(2)30(20(3)4,21(5)6)28-18-27(26-16-14-25(13)15-17-26)29-31(22(7)8,23(9)10)24(11)12/h14-24H,1-13H3/b27-18+. The minimum absolute atomic E-state index is 0.749. The predicted octanol–water partition coefficient (Wildman–Crippen LogP) is 11.1. The quantitative estimate of drug-likeness (QED) is 0.280. The van der Waals surface area contributed by atoms with Crippen LogP contribution in [-0.4, -0.2) is 14.4 Å². The van der Waals surface area contributed by atoms with Gasteiger partial charge in [0.05, 0.1) is 0 Å². The van der Waals surface area contributed by atoms with Gasteiger partial charge >= 0.3 is 0 Å². The molecule has 0 aliphatic rings. The number of rotatable bonds is 11. The van der Waals surface area contributed by atoms with Gasteiger partial charge in [0, 0.05) is 4.91 Å². The summed E-state index contributed by atoms with van der Waals surface area (Å²) in [4.78, 5) is 1.53. The van der Waals surface area contributed by atoms with E-state index in [2.05, 4.69) is 142 Å². The summed E-state index contributed by atoms with van der Waals surface area (Å²) in [5, 5.41) is 2.62. The Kier molecular flexibility index (Phi) is 11.3. The first-order valence-electron chi connectivity index (χ1n) is 12.4. The molecule has 1 aromatic carbocycles. The van der Waals surface area contributed by atoms with E-state index in [-0.39, 0.29) is 0 Å². The van der Waals surface area contributed by atoms with Crippen molar-refractivity contribution in [1.29, 1.82) is 0 Å². The van der Waals surface area contributed by atoms with Gasteiger partial charge in [-0.25, -0.2) is 0 Å². The topological polar surface area (TPSA) is 0 Å². The van der Waals surface area contributed by atoms with E-state index in [0.29, 0.717) is 0 Å². The second-order valence-corrected chi connectivity index (χ2v) is 28.2. The SMILES string of the molecule is Cc1ccc(/C(=C\S[Si](C(C)C)(C(C)C)C(C)C)S[Si](C(C)C)(C(C)C)C(C)C)cc1. The maximum atomic E-state index is 2.62. The van der Waals surface area contributed by atoms with Crippen LogP contribution in [0.25, 0.3) is 4.91 Å². The Hall–Kier alpha value is 0.0938. The Morgan fingerprint density at radius 3 is 1.29 bits per heavy atom. The molecule has 0 atom stereocenters. The molecule has 0 aliphatic carbocycles. The number of hydrogen-bond donors (Lipinski definition) is 0. The van der Waals surface area contributed by atoms with Crippen LogP contribution < -0.4 is 0 Å². The molecule has 31 heavy (non-hydrogen) atoms. The van der Waals surface area contributed by atoms with Crippen molar-refractivity contribution in [2.24, 2.45) is 0 Å². The summed E-state index contributed by atoms with van der Waals surface area (Å²) in [6.07, 6.45) is 0. The summed E-state index contributed by atoms with van der Waals surface area (Å²) in [6, 6.07) is 9.29. The molecular formula is C27H50S2Si2. The van der Waals surface area contributed by atoms with E-state index >= 15 is 0 Å². The fourth-order valence-corrected chi connectivity index (χ4v) is 24.6. The van der Waals surface area contributed by atoms with Crippen LogP contribution in [-0.2, 0) is 0 Å². The van der Waals surface area contributed by atoms with Crippen LogP contribution >= 0.6 is 22.4 Å². The number of benzene rings is 1. The summed E-state index contributed by atoms with van der Waals surface area (Å²) in [6.45, 7) is 31.9. The van der Waals surface area contributed by atoms with Crippen LogP contribution in [0.3, 0.4) is 0 Å². The Morgan fingerprint density at radius 1 is 0.613 bits per heavy atom. The first-order chi connectivity index (χ1) is 14.2. The van der Waals surface area contributed by atoms with Gasteiger partial charge in [-0.3, -0.25) is 0 Å².